The van der Waals surface area contributed by atoms with Crippen LogP contribution in [0, 0.1) is 17.5 Å². The summed E-state index contributed by atoms with van der Waals surface area (Å²) in [7, 11) is 0. The molecule has 106 valence electrons. The molecule has 0 atom stereocenters. The topological polar surface area (TPSA) is 63.8 Å². The summed E-state index contributed by atoms with van der Waals surface area (Å²) < 4.78 is 39.9. The summed E-state index contributed by atoms with van der Waals surface area (Å²) in [5.41, 5.74) is 5.13. The Morgan fingerprint density at radius 2 is 1.75 bits per heavy atom. The van der Waals surface area contributed by atoms with Gasteiger partial charge in [0.25, 0.3) is 0 Å². The number of nitrogens with two attached hydrogens (primary N) is 1. The molecule has 2 aromatic rings. The molecule has 0 unspecified atom stereocenters. The molecule has 0 aliphatic carbocycles. The van der Waals surface area contributed by atoms with Crippen LogP contribution in [0.2, 0.25) is 0 Å². The molecule has 0 fully saturated rings. The van der Waals surface area contributed by atoms with Crippen molar-refractivity contribution in [1.82, 2.24) is 9.97 Å². The summed E-state index contributed by atoms with van der Waals surface area (Å²) in [5, 5.41) is 2.46. The van der Waals surface area contributed by atoms with E-state index >= 15 is 0 Å². The van der Waals surface area contributed by atoms with Crippen molar-refractivity contribution in [3.8, 4) is 0 Å². The van der Waals surface area contributed by atoms with E-state index < -0.39 is 23.1 Å². The van der Waals surface area contributed by atoms with Crippen LogP contribution in [-0.2, 0) is 6.42 Å². The highest BCUT2D eigenvalue weighted by Crippen LogP contribution is 2.24. The highest BCUT2D eigenvalue weighted by atomic mass is 19.1. The van der Waals surface area contributed by atoms with Gasteiger partial charge in [0, 0.05) is 24.6 Å². The minimum absolute atomic E-state index is 0.158. The normalized spacial score (nSPS) is 10.6. The number of halogens is 3. The molecule has 0 amide bonds. The number of hydrogen-bond acceptors (Lipinski definition) is 4. The fraction of sp³-hybridized carbons (Fsp3) is 0.231. The standard InChI is InChI=1S/C13H13F3N4/c1-2-3-11-18-10(17)6-12(19-11)20-13-8(15)4-7(14)5-9(13)16/h4-6H,2-3H2,1H3,(H3,17,18,19,20). The van der Waals surface area contributed by atoms with Crippen molar-refractivity contribution in [2.24, 2.45) is 0 Å². The molecule has 0 aliphatic heterocycles. The van der Waals surface area contributed by atoms with Crippen LogP contribution in [0.3, 0.4) is 0 Å². The number of nitrogens with one attached hydrogen (secondary N) is 1. The minimum atomic E-state index is -1.04. The Morgan fingerprint density at radius 3 is 2.35 bits per heavy atom. The summed E-state index contributed by atoms with van der Waals surface area (Å²) >= 11 is 0. The third kappa shape index (κ3) is 3.17. The fourth-order valence-electron chi connectivity index (χ4n) is 1.71. The maximum atomic E-state index is 13.5. The van der Waals surface area contributed by atoms with Gasteiger partial charge >= 0.3 is 0 Å². The Morgan fingerprint density at radius 1 is 1.10 bits per heavy atom. The molecule has 2 rings (SSSR count). The molecule has 1 aromatic heterocycles. The average Bonchev–Trinajstić information content (AvgIpc) is 2.33. The minimum Gasteiger partial charge on any atom is -0.384 e. The number of benzene rings is 1. The number of nitrogen functional groups attached to an aromatic ring is 1. The van der Waals surface area contributed by atoms with E-state index in [0.717, 1.165) is 6.42 Å². The molecule has 0 spiro atoms. The van der Waals surface area contributed by atoms with Crippen LogP contribution in [0.15, 0.2) is 18.2 Å². The SMILES string of the molecule is CCCc1nc(N)cc(Nc2c(F)cc(F)cc2F)n1. The third-order valence-electron chi connectivity index (χ3n) is 2.53. The van der Waals surface area contributed by atoms with Crippen molar-refractivity contribution >= 4 is 17.3 Å². The Balaban J connectivity index is 2.35. The second-order valence-electron chi connectivity index (χ2n) is 4.21. The first-order valence-electron chi connectivity index (χ1n) is 6.04. The average molecular weight is 282 g/mol. The fourth-order valence-corrected chi connectivity index (χ4v) is 1.71. The Kier molecular flexibility index (Phi) is 4.07. The lowest BCUT2D eigenvalue weighted by Crippen LogP contribution is -2.05. The first-order valence-corrected chi connectivity index (χ1v) is 6.04. The summed E-state index contributed by atoms with van der Waals surface area (Å²) in [6, 6.07) is 2.52. The van der Waals surface area contributed by atoms with Crippen LogP contribution in [0.1, 0.15) is 19.2 Å². The number of aromatic nitrogens is 2. The van der Waals surface area contributed by atoms with Gasteiger partial charge in [0.05, 0.1) is 0 Å². The Bertz CT molecular complexity index is 608. The van der Waals surface area contributed by atoms with Crippen LogP contribution >= 0.6 is 0 Å². The molecular formula is C13H13F3N4. The second-order valence-corrected chi connectivity index (χ2v) is 4.21. The van der Waals surface area contributed by atoms with E-state index in [9.17, 15) is 13.2 Å². The van der Waals surface area contributed by atoms with Gasteiger partial charge in [-0.15, -0.1) is 0 Å². The zero-order chi connectivity index (χ0) is 14.7. The van der Waals surface area contributed by atoms with Crippen LogP contribution in [0.4, 0.5) is 30.5 Å². The van der Waals surface area contributed by atoms with Crippen molar-refractivity contribution in [3.05, 3.63) is 41.5 Å². The van der Waals surface area contributed by atoms with Gasteiger partial charge in [0.15, 0.2) is 11.6 Å². The van der Waals surface area contributed by atoms with Gasteiger partial charge in [-0.3, -0.25) is 0 Å². The lowest BCUT2D eigenvalue weighted by Gasteiger charge is -2.10. The van der Waals surface area contributed by atoms with Gasteiger partial charge in [-0.1, -0.05) is 6.92 Å². The van der Waals surface area contributed by atoms with Crippen molar-refractivity contribution in [1.29, 1.82) is 0 Å². The van der Waals surface area contributed by atoms with E-state index in [4.69, 9.17) is 5.73 Å². The second kappa shape index (κ2) is 5.77. The Labute approximate surface area is 113 Å². The van der Waals surface area contributed by atoms with Crippen molar-refractivity contribution < 1.29 is 13.2 Å². The molecule has 0 aliphatic rings. The number of hydrogen-bond donors (Lipinski definition) is 2. The van der Waals surface area contributed by atoms with E-state index in [1.807, 2.05) is 6.92 Å². The molecule has 0 bridgehead atoms. The first-order chi connectivity index (χ1) is 9.49. The highest BCUT2D eigenvalue weighted by Gasteiger charge is 2.13. The lowest BCUT2D eigenvalue weighted by molar-refractivity contribution is 0.548. The van der Waals surface area contributed by atoms with Crippen LogP contribution < -0.4 is 11.1 Å². The number of anilines is 3. The van der Waals surface area contributed by atoms with Gasteiger partial charge in [-0.25, -0.2) is 23.1 Å². The van der Waals surface area contributed by atoms with E-state index in [2.05, 4.69) is 15.3 Å². The molecule has 20 heavy (non-hydrogen) atoms. The molecule has 1 aromatic carbocycles. The first kappa shape index (κ1) is 14.1. The number of rotatable bonds is 4. The molecule has 3 N–H and O–H groups in total. The van der Waals surface area contributed by atoms with Gasteiger partial charge in [0.1, 0.15) is 29.0 Å². The van der Waals surface area contributed by atoms with Crippen LogP contribution in [0.5, 0.6) is 0 Å². The summed E-state index contributed by atoms with van der Waals surface area (Å²) in [4.78, 5) is 8.10. The van der Waals surface area contributed by atoms with Gasteiger partial charge in [0.2, 0.25) is 0 Å². The maximum absolute atomic E-state index is 13.5. The molecule has 0 radical (unpaired) electrons. The van der Waals surface area contributed by atoms with E-state index in [1.165, 1.54) is 6.07 Å². The van der Waals surface area contributed by atoms with Crippen molar-refractivity contribution in [2.45, 2.75) is 19.8 Å². The smallest absolute Gasteiger partial charge is 0.152 e. The van der Waals surface area contributed by atoms with Gasteiger partial charge in [-0.05, 0) is 6.42 Å². The highest BCUT2D eigenvalue weighted by molar-refractivity contribution is 5.59. The molecule has 0 saturated heterocycles. The largest absolute Gasteiger partial charge is 0.384 e. The number of nitrogens with zero attached hydrogens (tertiary/aromatic N) is 2. The zero-order valence-electron chi connectivity index (χ0n) is 10.8. The van der Waals surface area contributed by atoms with Crippen LogP contribution in [-0.4, -0.2) is 9.97 Å². The summed E-state index contributed by atoms with van der Waals surface area (Å²) in [6.07, 6.45) is 1.40. The predicted molar refractivity (Wildman–Crippen MR) is 70.0 cm³/mol. The van der Waals surface area contributed by atoms with Crippen molar-refractivity contribution in [3.63, 3.8) is 0 Å². The van der Waals surface area contributed by atoms with E-state index in [0.29, 0.717) is 24.4 Å². The molecule has 1 heterocycles. The van der Waals surface area contributed by atoms with Gasteiger partial charge < -0.3 is 11.1 Å². The quantitative estimate of drug-likeness (QED) is 0.904. The van der Waals surface area contributed by atoms with Gasteiger partial charge in [-0.2, -0.15) is 0 Å². The van der Waals surface area contributed by atoms with E-state index in [1.54, 1.807) is 0 Å². The predicted octanol–water partition coefficient (Wildman–Crippen LogP) is 3.17. The monoisotopic (exact) mass is 282 g/mol. The molecular weight excluding hydrogens is 269 g/mol. The lowest BCUT2D eigenvalue weighted by atomic mass is 10.2. The zero-order valence-corrected chi connectivity index (χ0v) is 10.8. The Hall–Kier alpha value is -2.31. The number of aryl methyl sites for hydroxylation is 1. The molecule has 0 saturated carbocycles. The van der Waals surface area contributed by atoms with E-state index in [-0.39, 0.29) is 11.6 Å². The molecule has 4 nitrogen and oxygen atoms in total. The summed E-state index contributed by atoms with van der Waals surface area (Å²) in [5.74, 6) is -2.26. The third-order valence-corrected chi connectivity index (χ3v) is 2.53. The van der Waals surface area contributed by atoms with Crippen LogP contribution in [0.25, 0.3) is 0 Å². The maximum Gasteiger partial charge on any atom is 0.152 e. The summed E-state index contributed by atoms with van der Waals surface area (Å²) in [6.45, 7) is 1.94. The van der Waals surface area contributed by atoms with Crippen molar-refractivity contribution in [2.75, 3.05) is 11.1 Å². The molecule has 7 heteroatoms.